The second-order valence-electron chi connectivity index (χ2n) is 4.03. The van der Waals surface area contributed by atoms with Gasteiger partial charge in [0.1, 0.15) is 11.9 Å². The van der Waals surface area contributed by atoms with E-state index in [-0.39, 0.29) is 5.82 Å². The number of halogens is 1. The standard InChI is InChI=1S/C12H14FNO2/c1-2-14-7-9-5-10(13)4-3-8(9)6-11(14)12(15)16/h3-5,11H,2,6-7H2,1H3,(H,15,16)/t11-/m0/s1. The molecule has 0 saturated carbocycles. The molecule has 0 bridgehead atoms. The van der Waals surface area contributed by atoms with Gasteiger partial charge in [0.2, 0.25) is 0 Å². The lowest BCUT2D eigenvalue weighted by molar-refractivity contribution is -0.143. The molecule has 1 aliphatic rings. The van der Waals surface area contributed by atoms with Gasteiger partial charge < -0.3 is 5.11 Å². The minimum absolute atomic E-state index is 0.261. The van der Waals surface area contributed by atoms with Crippen molar-refractivity contribution in [2.75, 3.05) is 6.54 Å². The first-order chi connectivity index (χ1) is 7.61. The molecule has 1 aromatic rings. The van der Waals surface area contributed by atoms with Crippen LogP contribution in [0.5, 0.6) is 0 Å². The highest BCUT2D eigenvalue weighted by atomic mass is 19.1. The molecule has 1 aromatic carbocycles. The van der Waals surface area contributed by atoms with Gasteiger partial charge in [-0.3, -0.25) is 9.69 Å². The summed E-state index contributed by atoms with van der Waals surface area (Å²) in [6, 6.07) is 4.09. The monoisotopic (exact) mass is 223 g/mol. The summed E-state index contributed by atoms with van der Waals surface area (Å²) in [4.78, 5) is 12.9. The van der Waals surface area contributed by atoms with Crippen LogP contribution in [0, 0.1) is 5.82 Å². The largest absolute Gasteiger partial charge is 0.480 e. The third-order valence-electron chi connectivity index (χ3n) is 3.09. The summed E-state index contributed by atoms with van der Waals surface area (Å²) in [6.07, 6.45) is 0.457. The van der Waals surface area contributed by atoms with Gasteiger partial charge in [-0.1, -0.05) is 13.0 Å². The second kappa shape index (κ2) is 4.22. The number of benzene rings is 1. The number of fused-ring (bicyclic) bond motifs is 1. The highest BCUT2D eigenvalue weighted by molar-refractivity contribution is 5.74. The molecule has 1 aliphatic heterocycles. The summed E-state index contributed by atoms with van der Waals surface area (Å²) in [6.45, 7) is 3.09. The molecule has 0 saturated heterocycles. The smallest absolute Gasteiger partial charge is 0.321 e. The van der Waals surface area contributed by atoms with E-state index in [0.717, 1.165) is 11.1 Å². The van der Waals surface area contributed by atoms with Crippen LogP contribution >= 0.6 is 0 Å². The summed E-state index contributed by atoms with van der Waals surface area (Å²) in [7, 11) is 0. The molecular weight excluding hydrogens is 209 g/mol. The molecule has 4 heteroatoms. The minimum atomic E-state index is -0.808. The number of carbonyl (C=O) groups is 1. The summed E-state index contributed by atoms with van der Waals surface area (Å²) < 4.78 is 13.0. The molecule has 1 heterocycles. The van der Waals surface area contributed by atoms with Crippen molar-refractivity contribution >= 4 is 5.97 Å². The number of aliphatic carboxylic acids is 1. The van der Waals surface area contributed by atoms with Crippen LogP contribution < -0.4 is 0 Å². The van der Waals surface area contributed by atoms with Gasteiger partial charge in [-0.25, -0.2) is 4.39 Å². The first-order valence-electron chi connectivity index (χ1n) is 5.36. The van der Waals surface area contributed by atoms with Crippen molar-refractivity contribution in [3.63, 3.8) is 0 Å². The maximum atomic E-state index is 13.0. The van der Waals surface area contributed by atoms with Crippen molar-refractivity contribution in [1.29, 1.82) is 0 Å². The predicted molar refractivity (Wildman–Crippen MR) is 57.6 cm³/mol. The maximum absolute atomic E-state index is 13.0. The van der Waals surface area contributed by atoms with E-state index in [1.165, 1.54) is 12.1 Å². The molecule has 1 atom stereocenters. The molecule has 86 valence electrons. The fraction of sp³-hybridized carbons (Fsp3) is 0.417. The number of likely N-dealkylation sites (N-methyl/N-ethyl adjacent to an activating group) is 1. The van der Waals surface area contributed by atoms with E-state index < -0.39 is 12.0 Å². The summed E-state index contributed by atoms with van der Waals surface area (Å²) in [5.41, 5.74) is 1.85. The Kier molecular flexibility index (Phi) is 2.92. The SMILES string of the molecule is CCN1Cc2cc(F)ccc2C[C@H]1C(=O)O. The van der Waals surface area contributed by atoms with Crippen LogP contribution in [0.2, 0.25) is 0 Å². The van der Waals surface area contributed by atoms with Gasteiger partial charge in [0.05, 0.1) is 0 Å². The average Bonchev–Trinajstić information content (AvgIpc) is 2.26. The van der Waals surface area contributed by atoms with E-state index in [1.807, 2.05) is 11.8 Å². The van der Waals surface area contributed by atoms with Gasteiger partial charge in [0.15, 0.2) is 0 Å². The Morgan fingerprint density at radius 3 is 2.94 bits per heavy atom. The van der Waals surface area contributed by atoms with E-state index >= 15 is 0 Å². The minimum Gasteiger partial charge on any atom is -0.480 e. The molecule has 0 spiro atoms. The lowest BCUT2D eigenvalue weighted by Gasteiger charge is -2.33. The molecule has 0 fully saturated rings. The summed E-state index contributed by atoms with van der Waals surface area (Å²) >= 11 is 0. The van der Waals surface area contributed by atoms with Crippen LogP contribution in [0.15, 0.2) is 18.2 Å². The predicted octanol–water partition coefficient (Wildman–Crippen LogP) is 1.66. The van der Waals surface area contributed by atoms with Gasteiger partial charge >= 0.3 is 5.97 Å². The van der Waals surface area contributed by atoms with Crippen molar-refractivity contribution in [3.05, 3.63) is 35.1 Å². The Morgan fingerprint density at radius 1 is 1.56 bits per heavy atom. The Morgan fingerprint density at radius 2 is 2.31 bits per heavy atom. The third-order valence-corrected chi connectivity index (χ3v) is 3.09. The van der Waals surface area contributed by atoms with Crippen molar-refractivity contribution < 1.29 is 14.3 Å². The zero-order valence-electron chi connectivity index (χ0n) is 9.11. The summed E-state index contributed by atoms with van der Waals surface area (Å²) in [5.74, 6) is -1.07. The van der Waals surface area contributed by atoms with E-state index in [1.54, 1.807) is 6.07 Å². The molecule has 2 rings (SSSR count). The van der Waals surface area contributed by atoms with Crippen LogP contribution in [-0.4, -0.2) is 28.6 Å². The molecule has 0 aliphatic carbocycles. The Balaban J connectivity index is 2.33. The number of carboxylic acids is 1. The average molecular weight is 223 g/mol. The molecule has 1 N–H and O–H groups in total. The number of rotatable bonds is 2. The Labute approximate surface area is 93.5 Å². The van der Waals surface area contributed by atoms with Gasteiger partial charge in [0.25, 0.3) is 0 Å². The highest BCUT2D eigenvalue weighted by Gasteiger charge is 2.30. The number of hydrogen-bond acceptors (Lipinski definition) is 2. The van der Waals surface area contributed by atoms with E-state index in [9.17, 15) is 9.18 Å². The van der Waals surface area contributed by atoms with Crippen LogP contribution in [0.3, 0.4) is 0 Å². The molecule has 0 aromatic heterocycles. The second-order valence-corrected chi connectivity index (χ2v) is 4.03. The van der Waals surface area contributed by atoms with Gasteiger partial charge in [-0.05, 0) is 36.2 Å². The first-order valence-corrected chi connectivity index (χ1v) is 5.36. The van der Waals surface area contributed by atoms with Crippen molar-refractivity contribution in [1.82, 2.24) is 4.90 Å². The van der Waals surface area contributed by atoms with Crippen LogP contribution in [-0.2, 0) is 17.8 Å². The van der Waals surface area contributed by atoms with Gasteiger partial charge in [0, 0.05) is 6.54 Å². The third kappa shape index (κ3) is 1.93. The molecule has 0 unspecified atom stereocenters. The van der Waals surface area contributed by atoms with Crippen LogP contribution in [0.1, 0.15) is 18.1 Å². The van der Waals surface area contributed by atoms with Crippen molar-refractivity contribution in [2.45, 2.75) is 25.9 Å². The normalized spacial score (nSPS) is 20.5. The number of nitrogens with zero attached hydrogens (tertiary/aromatic N) is 1. The number of hydrogen-bond donors (Lipinski definition) is 1. The quantitative estimate of drug-likeness (QED) is 0.828. The van der Waals surface area contributed by atoms with E-state index in [4.69, 9.17) is 5.11 Å². The molecule has 0 radical (unpaired) electrons. The fourth-order valence-electron chi connectivity index (χ4n) is 2.18. The molecular formula is C12H14FNO2. The molecule has 0 amide bonds. The Bertz CT molecular complexity index is 419. The fourth-order valence-corrected chi connectivity index (χ4v) is 2.18. The maximum Gasteiger partial charge on any atom is 0.321 e. The number of carboxylic acid groups (broad SMARTS) is 1. The van der Waals surface area contributed by atoms with Gasteiger partial charge in [-0.15, -0.1) is 0 Å². The lowest BCUT2D eigenvalue weighted by Crippen LogP contribution is -2.45. The Hall–Kier alpha value is -1.42. The zero-order chi connectivity index (χ0) is 11.7. The van der Waals surface area contributed by atoms with E-state index in [0.29, 0.717) is 19.5 Å². The van der Waals surface area contributed by atoms with Gasteiger partial charge in [-0.2, -0.15) is 0 Å². The van der Waals surface area contributed by atoms with Crippen molar-refractivity contribution in [2.24, 2.45) is 0 Å². The van der Waals surface area contributed by atoms with E-state index in [2.05, 4.69) is 0 Å². The van der Waals surface area contributed by atoms with Crippen LogP contribution in [0.4, 0.5) is 4.39 Å². The lowest BCUT2D eigenvalue weighted by atomic mass is 9.94. The molecule has 3 nitrogen and oxygen atoms in total. The van der Waals surface area contributed by atoms with Crippen molar-refractivity contribution in [3.8, 4) is 0 Å². The van der Waals surface area contributed by atoms with Crippen LogP contribution in [0.25, 0.3) is 0 Å². The first kappa shape index (κ1) is 11.1. The summed E-state index contributed by atoms with van der Waals surface area (Å²) in [5, 5.41) is 9.10. The highest BCUT2D eigenvalue weighted by Crippen LogP contribution is 2.24. The zero-order valence-corrected chi connectivity index (χ0v) is 9.11. The topological polar surface area (TPSA) is 40.5 Å². The molecule has 16 heavy (non-hydrogen) atoms.